The van der Waals surface area contributed by atoms with Crippen LogP contribution in [0.25, 0.3) is 0 Å². The van der Waals surface area contributed by atoms with Crippen LogP contribution in [-0.2, 0) is 20.6 Å². The van der Waals surface area contributed by atoms with Crippen molar-refractivity contribution in [2.45, 2.75) is 10.6 Å². The number of hydrogen-bond donors (Lipinski definition) is 2. The molecule has 31 heavy (non-hydrogen) atoms. The highest BCUT2D eigenvalue weighted by atomic mass is 35.5. The second-order valence-electron chi connectivity index (χ2n) is 6.43. The number of sulfonamides is 1. The normalized spacial score (nSPS) is 11.2. The predicted octanol–water partition coefficient (Wildman–Crippen LogP) is 6.32. The summed E-state index contributed by atoms with van der Waals surface area (Å²) >= 11 is 19.2. The molecular weight excluding hydrogens is 499 g/mol. The zero-order chi connectivity index (χ0) is 22.4. The monoisotopic (exact) mass is 514 g/mol. The fraction of sp³-hybridized carbons (Fsp3) is 0.0952. The predicted molar refractivity (Wildman–Crippen MR) is 130 cm³/mol. The van der Waals surface area contributed by atoms with Crippen molar-refractivity contribution >= 4 is 73.9 Å². The first-order chi connectivity index (χ1) is 14.7. The fourth-order valence-electron chi connectivity index (χ4n) is 2.57. The first-order valence-electron chi connectivity index (χ1n) is 8.93. The Labute approximate surface area is 200 Å². The molecule has 3 aromatic rings. The van der Waals surface area contributed by atoms with Gasteiger partial charge in [-0.05, 0) is 60.2 Å². The van der Waals surface area contributed by atoms with E-state index in [2.05, 4.69) is 10.0 Å². The first kappa shape index (κ1) is 23.8. The second-order valence-corrected chi connectivity index (χ2v) is 10.3. The van der Waals surface area contributed by atoms with E-state index >= 15 is 0 Å². The molecule has 0 aliphatic carbocycles. The lowest BCUT2D eigenvalue weighted by Gasteiger charge is -2.10. The van der Waals surface area contributed by atoms with E-state index in [1.165, 1.54) is 42.1 Å². The van der Waals surface area contributed by atoms with Crippen molar-refractivity contribution < 1.29 is 13.2 Å². The largest absolute Gasteiger partial charge is 0.325 e. The van der Waals surface area contributed by atoms with Gasteiger partial charge in [0.25, 0.3) is 10.0 Å². The van der Waals surface area contributed by atoms with E-state index in [1.807, 2.05) is 6.07 Å². The number of anilines is 2. The summed E-state index contributed by atoms with van der Waals surface area (Å²) in [5, 5.41) is 4.13. The number of hydrogen-bond acceptors (Lipinski definition) is 4. The first-order valence-corrected chi connectivity index (χ1v) is 12.7. The number of carbonyl (C=O) groups excluding carboxylic acids is 1. The van der Waals surface area contributed by atoms with Crippen LogP contribution in [0.4, 0.5) is 11.4 Å². The molecule has 0 atom stereocenters. The topological polar surface area (TPSA) is 75.3 Å². The maximum absolute atomic E-state index is 12.5. The third kappa shape index (κ3) is 7.05. The number of nitrogens with one attached hydrogen (secondary N) is 2. The molecule has 0 unspecified atom stereocenters. The maximum atomic E-state index is 12.5. The molecule has 5 nitrogen and oxygen atoms in total. The van der Waals surface area contributed by atoms with Gasteiger partial charge in [-0.2, -0.15) is 0 Å². The number of amides is 1. The third-order valence-corrected chi connectivity index (χ3v) is 7.39. The Morgan fingerprint density at radius 2 is 1.61 bits per heavy atom. The molecule has 2 N–H and O–H groups in total. The van der Waals surface area contributed by atoms with Gasteiger partial charge >= 0.3 is 0 Å². The summed E-state index contributed by atoms with van der Waals surface area (Å²) in [5.74, 6) is 0.644. The highest BCUT2D eigenvalue weighted by Crippen LogP contribution is 2.25. The van der Waals surface area contributed by atoms with Crippen LogP contribution >= 0.6 is 46.6 Å². The smallest absolute Gasteiger partial charge is 0.261 e. The average molecular weight is 516 g/mol. The molecule has 0 heterocycles. The van der Waals surface area contributed by atoms with Crippen LogP contribution in [0, 0.1) is 0 Å². The zero-order valence-electron chi connectivity index (χ0n) is 15.9. The van der Waals surface area contributed by atoms with E-state index in [9.17, 15) is 13.2 Å². The second kappa shape index (κ2) is 10.6. The van der Waals surface area contributed by atoms with Gasteiger partial charge in [-0.15, -0.1) is 11.8 Å². The molecule has 0 saturated heterocycles. The summed E-state index contributed by atoms with van der Waals surface area (Å²) < 4.78 is 27.5. The Morgan fingerprint density at radius 3 is 2.29 bits per heavy atom. The molecule has 3 rings (SSSR count). The molecule has 3 aromatic carbocycles. The van der Waals surface area contributed by atoms with Gasteiger partial charge in [-0.25, -0.2) is 8.42 Å². The van der Waals surface area contributed by atoms with Crippen molar-refractivity contribution in [1.29, 1.82) is 0 Å². The third-order valence-electron chi connectivity index (χ3n) is 4.01. The van der Waals surface area contributed by atoms with Crippen molar-refractivity contribution in [3.05, 3.63) is 87.4 Å². The van der Waals surface area contributed by atoms with Crippen LogP contribution in [0.3, 0.4) is 0 Å². The Balaban J connectivity index is 1.53. The highest BCUT2D eigenvalue weighted by molar-refractivity contribution is 7.99. The van der Waals surface area contributed by atoms with E-state index in [-0.39, 0.29) is 16.6 Å². The van der Waals surface area contributed by atoms with Crippen LogP contribution in [-0.4, -0.2) is 20.1 Å². The van der Waals surface area contributed by atoms with Crippen LogP contribution in [0.15, 0.2) is 71.6 Å². The molecule has 0 saturated carbocycles. The number of carbonyl (C=O) groups is 1. The summed E-state index contributed by atoms with van der Waals surface area (Å²) in [7, 11) is -3.77. The van der Waals surface area contributed by atoms with Crippen molar-refractivity contribution in [2.24, 2.45) is 0 Å². The van der Waals surface area contributed by atoms with Gasteiger partial charge in [0.15, 0.2) is 0 Å². The van der Waals surface area contributed by atoms with Crippen LogP contribution in [0.1, 0.15) is 5.56 Å². The standard InChI is InChI=1S/C21H17Cl3N2O3S2/c22-15-2-1-3-17(11-15)26-31(28,29)18-7-5-16(6-8-18)25-21(27)13-30-12-14-4-9-19(23)20(24)10-14/h1-11,26H,12-13H2,(H,25,27). The minimum absolute atomic E-state index is 0.0690. The Morgan fingerprint density at radius 1 is 0.871 bits per heavy atom. The van der Waals surface area contributed by atoms with Gasteiger partial charge in [-0.3, -0.25) is 9.52 Å². The molecule has 0 aromatic heterocycles. The lowest BCUT2D eigenvalue weighted by molar-refractivity contribution is -0.113. The molecular formula is C21H17Cl3N2O3S2. The molecule has 0 radical (unpaired) electrons. The zero-order valence-corrected chi connectivity index (χ0v) is 19.8. The summed E-state index contributed by atoms with van der Waals surface area (Å²) in [5.41, 5.74) is 1.83. The Bertz CT molecular complexity index is 1190. The molecule has 0 spiro atoms. The van der Waals surface area contributed by atoms with Gasteiger partial charge in [-0.1, -0.05) is 46.9 Å². The van der Waals surface area contributed by atoms with Gasteiger partial charge in [0, 0.05) is 16.5 Å². The summed E-state index contributed by atoms with van der Waals surface area (Å²) in [6.07, 6.45) is 0. The molecule has 0 aliphatic heterocycles. The van der Waals surface area contributed by atoms with Crippen molar-refractivity contribution in [3.63, 3.8) is 0 Å². The van der Waals surface area contributed by atoms with Gasteiger partial charge < -0.3 is 5.32 Å². The maximum Gasteiger partial charge on any atom is 0.261 e. The Hall–Kier alpha value is -1.90. The molecule has 1 amide bonds. The molecule has 10 heteroatoms. The molecule has 0 fully saturated rings. The average Bonchev–Trinajstić information content (AvgIpc) is 2.71. The quantitative estimate of drug-likeness (QED) is 0.368. The molecule has 0 bridgehead atoms. The van der Waals surface area contributed by atoms with Crippen LogP contribution < -0.4 is 10.0 Å². The lowest BCUT2D eigenvalue weighted by Crippen LogP contribution is -2.15. The van der Waals surface area contributed by atoms with Gasteiger partial charge in [0.1, 0.15) is 0 Å². The van der Waals surface area contributed by atoms with Gasteiger partial charge in [0.05, 0.1) is 26.4 Å². The number of benzene rings is 3. The van der Waals surface area contributed by atoms with Crippen molar-refractivity contribution in [1.82, 2.24) is 0 Å². The Kier molecular flexibility index (Phi) is 8.13. The van der Waals surface area contributed by atoms with Crippen molar-refractivity contribution in [3.8, 4) is 0 Å². The van der Waals surface area contributed by atoms with Crippen LogP contribution in [0.5, 0.6) is 0 Å². The SMILES string of the molecule is O=C(CSCc1ccc(Cl)c(Cl)c1)Nc1ccc(S(=O)(=O)Nc2cccc(Cl)c2)cc1. The summed E-state index contributed by atoms with van der Waals surface area (Å²) in [4.78, 5) is 12.2. The fourth-order valence-corrected chi connectivity index (χ4v) is 4.91. The van der Waals surface area contributed by atoms with Crippen LogP contribution in [0.2, 0.25) is 15.1 Å². The van der Waals surface area contributed by atoms with E-state index in [0.717, 1.165) is 5.56 Å². The van der Waals surface area contributed by atoms with E-state index in [0.29, 0.717) is 32.2 Å². The minimum Gasteiger partial charge on any atom is -0.325 e. The van der Waals surface area contributed by atoms with Crippen molar-refractivity contribution in [2.75, 3.05) is 15.8 Å². The van der Waals surface area contributed by atoms with E-state index in [4.69, 9.17) is 34.8 Å². The number of thioether (sulfide) groups is 1. The van der Waals surface area contributed by atoms with E-state index < -0.39 is 10.0 Å². The van der Waals surface area contributed by atoms with E-state index in [1.54, 1.807) is 30.3 Å². The summed E-state index contributed by atoms with van der Waals surface area (Å²) in [6.45, 7) is 0. The number of halogens is 3. The number of rotatable bonds is 8. The highest BCUT2D eigenvalue weighted by Gasteiger charge is 2.14. The lowest BCUT2D eigenvalue weighted by atomic mass is 10.2. The minimum atomic E-state index is -3.77. The molecule has 0 aliphatic rings. The molecule has 162 valence electrons. The summed E-state index contributed by atoms with van der Waals surface area (Å²) in [6, 6.07) is 17.7. The van der Waals surface area contributed by atoms with Gasteiger partial charge in [0.2, 0.25) is 5.91 Å².